The van der Waals surface area contributed by atoms with Gasteiger partial charge in [0.1, 0.15) is 0 Å². The fraction of sp³-hybridized carbons (Fsp3) is 0.194. The Morgan fingerprint density at radius 1 is 0.974 bits per heavy atom. The van der Waals surface area contributed by atoms with E-state index in [4.69, 9.17) is 10.1 Å². The van der Waals surface area contributed by atoms with Gasteiger partial charge in [0, 0.05) is 47.7 Å². The Hall–Kier alpha value is -4.49. The molecule has 0 aliphatic heterocycles. The highest BCUT2D eigenvalue weighted by atomic mass is 16.3. The molecule has 0 fully saturated rings. The van der Waals surface area contributed by atoms with Gasteiger partial charge >= 0.3 is 0 Å². The molecule has 3 aromatic carbocycles. The number of rotatable bonds is 7. The Morgan fingerprint density at radius 3 is 2.45 bits per heavy atom. The van der Waals surface area contributed by atoms with E-state index in [1.54, 1.807) is 6.20 Å². The maximum Gasteiger partial charge on any atom is 0.255 e. The van der Waals surface area contributed by atoms with E-state index in [0.717, 1.165) is 22.5 Å². The molecule has 0 radical (unpaired) electrons. The van der Waals surface area contributed by atoms with Gasteiger partial charge in [-0.1, -0.05) is 57.2 Å². The molecule has 0 saturated heterocycles. The van der Waals surface area contributed by atoms with Crippen molar-refractivity contribution in [1.29, 1.82) is 0 Å². The van der Waals surface area contributed by atoms with Gasteiger partial charge in [-0.2, -0.15) is 0 Å². The number of benzene rings is 3. The molecule has 2 aromatic heterocycles. The zero-order valence-electron chi connectivity index (χ0n) is 21.8. The first-order chi connectivity index (χ1) is 18.3. The molecular formula is C31H31N5O2. The van der Waals surface area contributed by atoms with Crippen LogP contribution in [0.1, 0.15) is 42.3 Å². The molecule has 0 bridgehead atoms. The average molecular weight is 506 g/mol. The van der Waals surface area contributed by atoms with E-state index in [-0.39, 0.29) is 17.9 Å². The molecule has 5 aromatic rings. The SMILES string of the molecule is CC(C)(C)c1ccc(C(=O)Nc2cccc(-c3cn4ccnc4c(Nc4ccc(CCO)cc4)n3)c2)cc1. The summed E-state index contributed by atoms with van der Waals surface area (Å²) >= 11 is 0. The van der Waals surface area contributed by atoms with Crippen LogP contribution in [0.15, 0.2) is 91.4 Å². The number of fused-ring (bicyclic) bond motifs is 1. The fourth-order valence-corrected chi connectivity index (χ4v) is 4.26. The van der Waals surface area contributed by atoms with Crippen molar-refractivity contribution in [3.05, 3.63) is 108 Å². The lowest BCUT2D eigenvalue weighted by molar-refractivity contribution is 0.102. The molecule has 0 unspecified atom stereocenters. The molecule has 7 nitrogen and oxygen atoms in total. The minimum Gasteiger partial charge on any atom is -0.396 e. The summed E-state index contributed by atoms with van der Waals surface area (Å²) in [4.78, 5) is 22.2. The van der Waals surface area contributed by atoms with Crippen LogP contribution in [0.2, 0.25) is 0 Å². The zero-order valence-corrected chi connectivity index (χ0v) is 21.8. The Labute approximate surface area is 222 Å². The number of anilines is 3. The highest BCUT2D eigenvalue weighted by molar-refractivity contribution is 6.04. The lowest BCUT2D eigenvalue weighted by Crippen LogP contribution is -2.14. The summed E-state index contributed by atoms with van der Waals surface area (Å²) in [6.45, 7) is 6.57. The molecule has 38 heavy (non-hydrogen) atoms. The predicted molar refractivity (Wildman–Crippen MR) is 152 cm³/mol. The second-order valence-corrected chi connectivity index (χ2v) is 10.3. The summed E-state index contributed by atoms with van der Waals surface area (Å²) in [7, 11) is 0. The van der Waals surface area contributed by atoms with Crippen molar-refractivity contribution in [1.82, 2.24) is 14.4 Å². The number of nitrogens with one attached hydrogen (secondary N) is 2. The molecule has 3 N–H and O–H groups in total. The minimum absolute atomic E-state index is 0.0315. The molecule has 0 aliphatic carbocycles. The van der Waals surface area contributed by atoms with Crippen molar-refractivity contribution in [2.45, 2.75) is 32.6 Å². The van der Waals surface area contributed by atoms with Crippen LogP contribution in [0.3, 0.4) is 0 Å². The molecule has 0 saturated carbocycles. The predicted octanol–water partition coefficient (Wildman–Crippen LogP) is 6.22. The van der Waals surface area contributed by atoms with Gasteiger partial charge in [0.2, 0.25) is 0 Å². The molecule has 0 spiro atoms. The van der Waals surface area contributed by atoms with E-state index in [0.29, 0.717) is 29.1 Å². The lowest BCUT2D eigenvalue weighted by Gasteiger charge is -2.19. The first kappa shape index (κ1) is 25.2. The number of aromatic nitrogens is 3. The van der Waals surface area contributed by atoms with Gasteiger partial charge in [0.15, 0.2) is 11.5 Å². The Kier molecular flexibility index (Phi) is 6.94. The van der Waals surface area contributed by atoms with Crippen LogP contribution in [-0.4, -0.2) is 32.0 Å². The summed E-state index contributed by atoms with van der Waals surface area (Å²) in [6.07, 6.45) is 6.15. The number of amides is 1. The molecule has 192 valence electrons. The normalized spacial score (nSPS) is 11.5. The first-order valence-corrected chi connectivity index (χ1v) is 12.6. The number of nitrogens with zero attached hydrogens (tertiary/aromatic N) is 3. The van der Waals surface area contributed by atoms with Crippen LogP contribution < -0.4 is 10.6 Å². The lowest BCUT2D eigenvalue weighted by atomic mass is 9.87. The molecule has 2 heterocycles. The number of hydrogen-bond donors (Lipinski definition) is 3. The average Bonchev–Trinajstić information content (AvgIpc) is 3.39. The minimum atomic E-state index is -0.160. The smallest absolute Gasteiger partial charge is 0.255 e. The maximum absolute atomic E-state index is 12.9. The van der Waals surface area contributed by atoms with E-state index >= 15 is 0 Å². The van der Waals surface area contributed by atoms with Crippen LogP contribution >= 0.6 is 0 Å². The highest BCUT2D eigenvalue weighted by Crippen LogP contribution is 2.27. The van der Waals surface area contributed by atoms with Gasteiger partial charge in [0.25, 0.3) is 5.91 Å². The largest absolute Gasteiger partial charge is 0.396 e. The third-order valence-electron chi connectivity index (χ3n) is 6.42. The summed E-state index contributed by atoms with van der Waals surface area (Å²) in [5.41, 5.74) is 6.76. The van der Waals surface area contributed by atoms with Crippen molar-refractivity contribution in [2.75, 3.05) is 17.2 Å². The van der Waals surface area contributed by atoms with Crippen LogP contribution in [0.4, 0.5) is 17.2 Å². The van der Waals surface area contributed by atoms with Crippen molar-refractivity contribution >= 4 is 28.7 Å². The van der Waals surface area contributed by atoms with E-state index in [1.807, 2.05) is 89.6 Å². The summed E-state index contributed by atoms with van der Waals surface area (Å²) in [5.74, 6) is 0.461. The summed E-state index contributed by atoms with van der Waals surface area (Å²) < 4.78 is 1.92. The summed E-state index contributed by atoms with van der Waals surface area (Å²) in [6, 6.07) is 23.3. The number of aliphatic hydroxyl groups is 1. The van der Waals surface area contributed by atoms with Crippen molar-refractivity contribution in [3.8, 4) is 11.3 Å². The number of hydrogen-bond acceptors (Lipinski definition) is 5. The molecule has 5 rings (SSSR count). The van der Waals surface area contributed by atoms with Gasteiger partial charge in [-0.05, 0) is 59.4 Å². The van der Waals surface area contributed by atoms with Crippen LogP contribution in [0, 0.1) is 0 Å². The molecule has 0 aliphatic rings. The van der Waals surface area contributed by atoms with E-state index in [9.17, 15) is 4.79 Å². The van der Waals surface area contributed by atoms with Crippen molar-refractivity contribution in [2.24, 2.45) is 0 Å². The number of aliphatic hydroxyl groups excluding tert-OH is 1. The topological polar surface area (TPSA) is 91.6 Å². The number of carbonyl (C=O) groups excluding carboxylic acids is 1. The molecule has 0 atom stereocenters. The van der Waals surface area contributed by atoms with Crippen molar-refractivity contribution < 1.29 is 9.90 Å². The zero-order chi connectivity index (χ0) is 26.7. The molecular weight excluding hydrogens is 474 g/mol. The third kappa shape index (κ3) is 5.58. The van der Waals surface area contributed by atoms with Crippen LogP contribution in [-0.2, 0) is 11.8 Å². The molecule has 7 heteroatoms. The second kappa shape index (κ2) is 10.5. The first-order valence-electron chi connectivity index (χ1n) is 12.6. The summed E-state index contributed by atoms with van der Waals surface area (Å²) in [5, 5.41) is 15.5. The van der Waals surface area contributed by atoms with Crippen LogP contribution in [0.5, 0.6) is 0 Å². The molecule has 1 amide bonds. The number of carbonyl (C=O) groups is 1. The van der Waals surface area contributed by atoms with Gasteiger partial charge in [-0.15, -0.1) is 0 Å². The third-order valence-corrected chi connectivity index (χ3v) is 6.42. The Balaban J connectivity index is 1.39. The Morgan fingerprint density at radius 2 is 1.74 bits per heavy atom. The monoisotopic (exact) mass is 505 g/mol. The Bertz CT molecular complexity index is 1570. The van der Waals surface area contributed by atoms with Gasteiger partial charge in [-0.25, -0.2) is 9.97 Å². The van der Waals surface area contributed by atoms with Gasteiger partial charge < -0.3 is 20.1 Å². The second-order valence-electron chi connectivity index (χ2n) is 10.3. The highest BCUT2D eigenvalue weighted by Gasteiger charge is 2.15. The van der Waals surface area contributed by atoms with Crippen molar-refractivity contribution in [3.63, 3.8) is 0 Å². The van der Waals surface area contributed by atoms with E-state index < -0.39 is 0 Å². The maximum atomic E-state index is 12.9. The van der Waals surface area contributed by atoms with E-state index in [1.165, 1.54) is 5.56 Å². The van der Waals surface area contributed by atoms with E-state index in [2.05, 4.69) is 36.4 Å². The van der Waals surface area contributed by atoms with Gasteiger partial charge in [0.05, 0.1) is 5.69 Å². The number of imidazole rings is 1. The van der Waals surface area contributed by atoms with Gasteiger partial charge in [-0.3, -0.25) is 4.79 Å². The van der Waals surface area contributed by atoms with Crippen LogP contribution in [0.25, 0.3) is 16.9 Å². The quantitative estimate of drug-likeness (QED) is 0.244. The standard InChI is InChI=1S/C31H31N5O2/c1-31(2,3)24-11-9-22(10-12-24)30(38)34-26-6-4-5-23(19-26)27-20-36-17-16-32-29(36)28(35-27)33-25-13-7-21(8-14-25)15-18-37/h4-14,16-17,19-20,37H,15,18H2,1-3H3,(H,33,35)(H,34,38). The fourth-order valence-electron chi connectivity index (χ4n) is 4.26.